The summed E-state index contributed by atoms with van der Waals surface area (Å²) < 4.78 is 7.14. The normalized spacial score (nSPS) is 11.1. The Morgan fingerprint density at radius 3 is 2.82 bits per heavy atom. The third-order valence-electron chi connectivity index (χ3n) is 2.86. The zero-order valence-corrected chi connectivity index (χ0v) is 11.8. The summed E-state index contributed by atoms with van der Waals surface area (Å²) in [7, 11) is 0. The summed E-state index contributed by atoms with van der Waals surface area (Å²) in [5.41, 5.74) is 1.74. The Hall–Kier alpha value is -3.16. The molecule has 2 heterocycles. The van der Waals surface area contributed by atoms with E-state index in [1.807, 2.05) is 31.2 Å². The summed E-state index contributed by atoms with van der Waals surface area (Å²) >= 11 is 0. The lowest BCUT2D eigenvalue weighted by molar-refractivity contribution is 0.559. The van der Waals surface area contributed by atoms with Crippen molar-refractivity contribution in [2.75, 3.05) is 6.54 Å². The molecular formula is C14H13N7O. The molecule has 0 aliphatic carbocycles. The topological polar surface area (TPSA) is 106 Å². The quantitative estimate of drug-likeness (QED) is 0.722. The maximum Gasteiger partial charge on any atom is 0.267 e. The molecule has 0 atom stereocenters. The average molecular weight is 295 g/mol. The van der Waals surface area contributed by atoms with Crippen molar-refractivity contribution in [3.63, 3.8) is 0 Å². The van der Waals surface area contributed by atoms with Crippen LogP contribution >= 0.6 is 0 Å². The molecule has 0 fully saturated rings. The first-order valence-corrected chi connectivity index (χ1v) is 6.67. The van der Waals surface area contributed by atoms with Gasteiger partial charge < -0.3 is 4.42 Å². The Bertz CT molecular complexity index is 787. The number of hydrogen-bond acceptors (Lipinski definition) is 7. The predicted octanol–water partition coefficient (Wildman–Crippen LogP) is 1.78. The van der Waals surface area contributed by atoms with E-state index in [1.54, 1.807) is 17.1 Å². The van der Waals surface area contributed by atoms with Gasteiger partial charge in [-0.3, -0.25) is 10.4 Å². The van der Waals surface area contributed by atoms with E-state index in [9.17, 15) is 0 Å². The van der Waals surface area contributed by atoms with Gasteiger partial charge in [0.1, 0.15) is 5.71 Å². The fourth-order valence-electron chi connectivity index (χ4n) is 1.79. The second-order valence-electron chi connectivity index (χ2n) is 4.35. The number of benzene rings is 1. The van der Waals surface area contributed by atoms with Gasteiger partial charge >= 0.3 is 0 Å². The third kappa shape index (κ3) is 2.80. The van der Waals surface area contributed by atoms with Crippen molar-refractivity contribution in [1.82, 2.24) is 25.2 Å². The van der Waals surface area contributed by atoms with Gasteiger partial charge in [-0.1, -0.05) is 5.21 Å². The molecule has 0 amide bonds. The Morgan fingerprint density at radius 1 is 1.32 bits per heavy atom. The molecule has 0 bridgehead atoms. The van der Waals surface area contributed by atoms with Gasteiger partial charge in [0.2, 0.25) is 5.89 Å². The summed E-state index contributed by atoms with van der Waals surface area (Å²) in [6.07, 6.45) is 4.78. The summed E-state index contributed by atoms with van der Waals surface area (Å²) in [6.45, 7) is 2.49. The van der Waals surface area contributed by atoms with Crippen molar-refractivity contribution >= 4 is 11.9 Å². The molecule has 0 spiro atoms. The van der Waals surface area contributed by atoms with Gasteiger partial charge in [-0.05, 0) is 31.2 Å². The first kappa shape index (κ1) is 13.8. The van der Waals surface area contributed by atoms with Crippen molar-refractivity contribution in [1.29, 1.82) is 5.41 Å². The second-order valence-corrected chi connectivity index (χ2v) is 4.35. The van der Waals surface area contributed by atoms with Gasteiger partial charge in [0.05, 0.1) is 24.3 Å². The predicted molar refractivity (Wildman–Crippen MR) is 80.5 cm³/mol. The molecule has 0 saturated heterocycles. The lowest BCUT2D eigenvalue weighted by atomic mass is 10.2. The minimum atomic E-state index is 0.0971. The van der Waals surface area contributed by atoms with Crippen LogP contribution in [0.5, 0.6) is 0 Å². The highest BCUT2D eigenvalue weighted by atomic mass is 16.4. The van der Waals surface area contributed by atoms with E-state index in [-0.39, 0.29) is 11.6 Å². The highest BCUT2D eigenvalue weighted by molar-refractivity contribution is 6.35. The summed E-state index contributed by atoms with van der Waals surface area (Å²) in [5, 5.41) is 23.3. The summed E-state index contributed by atoms with van der Waals surface area (Å²) in [5.74, 6) is 0.502. The summed E-state index contributed by atoms with van der Waals surface area (Å²) in [6, 6.07) is 7.44. The molecule has 2 aromatic heterocycles. The van der Waals surface area contributed by atoms with Crippen molar-refractivity contribution in [3.05, 3.63) is 42.5 Å². The molecule has 8 nitrogen and oxygen atoms in total. The van der Waals surface area contributed by atoms with Crippen LogP contribution in [-0.4, -0.2) is 43.7 Å². The van der Waals surface area contributed by atoms with E-state index in [2.05, 4.69) is 25.5 Å². The van der Waals surface area contributed by atoms with Gasteiger partial charge in [0.15, 0.2) is 0 Å². The van der Waals surface area contributed by atoms with Crippen LogP contribution in [0.1, 0.15) is 12.8 Å². The van der Waals surface area contributed by atoms with Gasteiger partial charge in [-0.15, -0.1) is 15.3 Å². The lowest BCUT2D eigenvalue weighted by Crippen LogP contribution is -2.00. The molecule has 0 radical (unpaired) electrons. The van der Waals surface area contributed by atoms with E-state index in [4.69, 9.17) is 9.83 Å². The minimum Gasteiger partial charge on any atom is -0.415 e. The van der Waals surface area contributed by atoms with Crippen molar-refractivity contribution in [2.24, 2.45) is 4.99 Å². The van der Waals surface area contributed by atoms with Gasteiger partial charge in [-0.25, -0.2) is 4.68 Å². The van der Waals surface area contributed by atoms with Crippen molar-refractivity contribution in [2.45, 2.75) is 6.92 Å². The second kappa shape index (κ2) is 6.08. The lowest BCUT2D eigenvalue weighted by Gasteiger charge is -2.00. The van der Waals surface area contributed by atoms with Crippen LogP contribution < -0.4 is 0 Å². The van der Waals surface area contributed by atoms with Gasteiger partial charge in [0, 0.05) is 12.1 Å². The number of hydrogen-bond donors (Lipinski definition) is 1. The third-order valence-corrected chi connectivity index (χ3v) is 2.86. The van der Waals surface area contributed by atoms with Crippen LogP contribution in [-0.2, 0) is 0 Å². The van der Waals surface area contributed by atoms with E-state index < -0.39 is 0 Å². The zero-order chi connectivity index (χ0) is 15.4. The Kier molecular flexibility index (Phi) is 3.82. The smallest absolute Gasteiger partial charge is 0.267 e. The highest BCUT2D eigenvalue weighted by Crippen LogP contribution is 2.19. The van der Waals surface area contributed by atoms with Crippen LogP contribution in [0.3, 0.4) is 0 Å². The van der Waals surface area contributed by atoms with E-state index in [0.717, 1.165) is 11.3 Å². The Labute approximate surface area is 126 Å². The molecule has 110 valence electrons. The van der Waals surface area contributed by atoms with Gasteiger partial charge in [-0.2, -0.15) is 0 Å². The molecule has 3 aromatic rings. The molecule has 0 unspecified atom stereocenters. The van der Waals surface area contributed by atoms with Crippen LogP contribution in [0, 0.1) is 5.41 Å². The molecule has 22 heavy (non-hydrogen) atoms. The van der Waals surface area contributed by atoms with Crippen molar-refractivity contribution in [3.8, 4) is 17.1 Å². The largest absolute Gasteiger partial charge is 0.415 e. The number of nitrogens with zero attached hydrogens (tertiary/aromatic N) is 6. The molecule has 0 aliphatic heterocycles. The van der Waals surface area contributed by atoms with E-state index in [0.29, 0.717) is 12.4 Å². The van der Waals surface area contributed by atoms with Gasteiger partial charge in [0.25, 0.3) is 5.89 Å². The Balaban J connectivity index is 1.81. The maximum absolute atomic E-state index is 7.77. The highest BCUT2D eigenvalue weighted by Gasteiger charge is 2.11. The first-order chi connectivity index (χ1) is 10.8. The molecular weight excluding hydrogens is 282 g/mol. The van der Waals surface area contributed by atoms with Crippen molar-refractivity contribution < 1.29 is 4.42 Å². The van der Waals surface area contributed by atoms with Crippen LogP contribution in [0.15, 0.2) is 46.1 Å². The number of rotatable bonds is 5. The average Bonchev–Trinajstić information content (AvgIpc) is 3.24. The minimum absolute atomic E-state index is 0.0971. The summed E-state index contributed by atoms with van der Waals surface area (Å²) in [4.78, 5) is 3.98. The molecule has 0 aliphatic rings. The zero-order valence-electron chi connectivity index (χ0n) is 11.8. The Morgan fingerprint density at radius 2 is 2.14 bits per heavy atom. The monoisotopic (exact) mass is 295 g/mol. The van der Waals surface area contributed by atoms with Crippen LogP contribution in [0.4, 0.5) is 0 Å². The van der Waals surface area contributed by atoms with E-state index >= 15 is 0 Å². The number of aliphatic imine (C=N–C) groups is 1. The fourth-order valence-corrected chi connectivity index (χ4v) is 1.79. The fraction of sp³-hybridized carbons (Fsp3) is 0.143. The maximum atomic E-state index is 7.77. The molecule has 1 N–H and O–H groups in total. The molecule has 1 aromatic carbocycles. The number of aromatic nitrogens is 5. The first-order valence-electron chi connectivity index (χ1n) is 6.67. The molecule has 3 rings (SSSR count). The van der Waals surface area contributed by atoms with Crippen LogP contribution in [0.25, 0.3) is 17.1 Å². The van der Waals surface area contributed by atoms with Crippen LogP contribution in [0.2, 0.25) is 0 Å². The molecule has 8 heteroatoms. The standard InChI is InChI=1S/C14H13N7O/c1-2-16-9-12(15)14-19-18-13(22-14)10-3-5-11(6-4-10)21-8-7-17-20-21/h3-9,15H,2H2,1H3. The van der Waals surface area contributed by atoms with E-state index in [1.165, 1.54) is 6.21 Å². The number of nitrogens with one attached hydrogen (secondary N) is 1. The molecule has 0 saturated carbocycles. The SMILES string of the molecule is CCN=CC(=N)c1nnc(-c2ccc(-n3ccnn3)cc2)o1.